The maximum atomic E-state index is 12.8. The Bertz CT molecular complexity index is 793. The zero-order chi connectivity index (χ0) is 19.1. The van der Waals surface area contributed by atoms with Crippen LogP contribution in [0.1, 0.15) is 16.2 Å². The molecule has 0 atom stereocenters. The number of aryl methyl sites for hydroxylation is 1. The second-order valence-electron chi connectivity index (χ2n) is 5.42. The fourth-order valence-corrected chi connectivity index (χ4v) is 1.85. The standard InChI is InChI=1S/C17H17FN4O4/c1-11-7-20-14(8-19-11)17(25)26-10-16(24)22(2)9-15(23)21-13-5-3-12(18)4-6-13/h3-8H,9-10H2,1-2H3,(H,21,23). The number of ether oxygens (including phenoxy) is 1. The van der Waals surface area contributed by atoms with Crippen LogP contribution in [0.5, 0.6) is 0 Å². The van der Waals surface area contributed by atoms with Crippen molar-refractivity contribution in [3.8, 4) is 0 Å². The number of carbonyl (C=O) groups is 3. The fraction of sp³-hybridized carbons (Fsp3) is 0.235. The van der Waals surface area contributed by atoms with E-state index in [0.717, 1.165) is 4.90 Å². The van der Waals surface area contributed by atoms with Crippen LogP contribution in [0.3, 0.4) is 0 Å². The number of nitrogens with one attached hydrogen (secondary N) is 1. The third-order valence-electron chi connectivity index (χ3n) is 3.25. The molecule has 0 spiro atoms. The predicted molar refractivity (Wildman–Crippen MR) is 89.7 cm³/mol. The van der Waals surface area contributed by atoms with Crippen molar-refractivity contribution in [3.63, 3.8) is 0 Å². The van der Waals surface area contributed by atoms with Gasteiger partial charge in [-0.3, -0.25) is 14.6 Å². The molecule has 136 valence electrons. The molecule has 8 nitrogen and oxygen atoms in total. The number of likely N-dealkylation sites (N-methyl/N-ethyl adjacent to an activating group) is 1. The van der Waals surface area contributed by atoms with Gasteiger partial charge in [-0.05, 0) is 31.2 Å². The molecule has 0 bridgehead atoms. The molecule has 0 radical (unpaired) electrons. The molecule has 0 aliphatic carbocycles. The Balaban J connectivity index is 1.79. The molecule has 0 aliphatic rings. The number of esters is 1. The van der Waals surface area contributed by atoms with Crippen molar-refractivity contribution >= 4 is 23.5 Å². The molecular formula is C17H17FN4O4. The molecule has 2 rings (SSSR count). The molecule has 1 heterocycles. The SMILES string of the molecule is Cc1cnc(C(=O)OCC(=O)N(C)CC(=O)Nc2ccc(F)cc2)cn1. The lowest BCUT2D eigenvalue weighted by Gasteiger charge is -2.16. The summed E-state index contributed by atoms with van der Waals surface area (Å²) in [4.78, 5) is 44.5. The highest BCUT2D eigenvalue weighted by molar-refractivity contribution is 5.95. The van der Waals surface area contributed by atoms with Gasteiger partial charge in [-0.1, -0.05) is 0 Å². The van der Waals surface area contributed by atoms with Gasteiger partial charge in [-0.15, -0.1) is 0 Å². The van der Waals surface area contributed by atoms with Crippen molar-refractivity contribution in [2.75, 3.05) is 25.5 Å². The van der Waals surface area contributed by atoms with Crippen molar-refractivity contribution in [3.05, 3.63) is 53.9 Å². The molecule has 1 aromatic carbocycles. The van der Waals surface area contributed by atoms with Crippen molar-refractivity contribution in [1.82, 2.24) is 14.9 Å². The van der Waals surface area contributed by atoms with E-state index in [1.165, 1.54) is 43.7 Å². The second-order valence-corrected chi connectivity index (χ2v) is 5.42. The zero-order valence-electron chi connectivity index (χ0n) is 14.2. The van der Waals surface area contributed by atoms with Gasteiger partial charge >= 0.3 is 5.97 Å². The average Bonchev–Trinajstić information content (AvgIpc) is 2.61. The van der Waals surface area contributed by atoms with Crippen LogP contribution in [0, 0.1) is 12.7 Å². The Morgan fingerprint density at radius 3 is 2.46 bits per heavy atom. The van der Waals surface area contributed by atoms with E-state index in [0.29, 0.717) is 11.4 Å². The summed E-state index contributed by atoms with van der Waals surface area (Å²) >= 11 is 0. The van der Waals surface area contributed by atoms with E-state index in [-0.39, 0.29) is 12.2 Å². The molecule has 26 heavy (non-hydrogen) atoms. The molecule has 1 N–H and O–H groups in total. The van der Waals surface area contributed by atoms with Crippen molar-refractivity contribution in [2.45, 2.75) is 6.92 Å². The number of hydrogen-bond donors (Lipinski definition) is 1. The molecular weight excluding hydrogens is 343 g/mol. The Labute approximate surface area is 149 Å². The van der Waals surface area contributed by atoms with Gasteiger partial charge in [-0.25, -0.2) is 14.2 Å². The highest BCUT2D eigenvalue weighted by Crippen LogP contribution is 2.08. The van der Waals surface area contributed by atoms with Gasteiger partial charge in [0.15, 0.2) is 12.3 Å². The summed E-state index contributed by atoms with van der Waals surface area (Å²) in [6.07, 6.45) is 2.66. The summed E-state index contributed by atoms with van der Waals surface area (Å²) in [5.41, 5.74) is 1.03. The third kappa shape index (κ3) is 5.62. The van der Waals surface area contributed by atoms with Gasteiger partial charge in [0, 0.05) is 18.9 Å². The number of hydrogen-bond acceptors (Lipinski definition) is 6. The number of aromatic nitrogens is 2. The van der Waals surface area contributed by atoms with Crippen LogP contribution in [0.4, 0.5) is 10.1 Å². The van der Waals surface area contributed by atoms with Crippen LogP contribution in [0.25, 0.3) is 0 Å². The van der Waals surface area contributed by atoms with E-state index < -0.39 is 30.2 Å². The number of benzene rings is 1. The van der Waals surface area contributed by atoms with Crippen LogP contribution >= 0.6 is 0 Å². The summed E-state index contributed by atoms with van der Waals surface area (Å²) in [7, 11) is 1.39. The maximum Gasteiger partial charge on any atom is 0.359 e. The van der Waals surface area contributed by atoms with E-state index in [9.17, 15) is 18.8 Å². The molecule has 0 saturated heterocycles. The molecule has 0 unspecified atom stereocenters. The first-order chi connectivity index (χ1) is 12.3. The predicted octanol–water partition coefficient (Wildman–Crippen LogP) is 1.18. The number of anilines is 1. The molecule has 0 fully saturated rings. The van der Waals surface area contributed by atoms with E-state index in [1.54, 1.807) is 6.92 Å². The summed E-state index contributed by atoms with van der Waals surface area (Å²) in [5, 5.41) is 2.53. The lowest BCUT2D eigenvalue weighted by Crippen LogP contribution is -2.37. The Morgan fingerprint density at radius 2 is 1.85 bits per heavy atom. The normalized spacial score (nSPS) is 10.1. The van der Waals surface area contributed by atoms with E-state index >= 15 is 0 Å². The highest BCUT2D eigenvalue weighted by atomic mass is 19.1. The lowest BCUT2D eigenvalue weighted by atomic mass is 10.3. The van der Waals surface area contributed by atoms with Crippen molar-refractivity contribution in [2.24, 2.45) is 0 Å². The van der Waals surface area contributed by atoms with Gasteiger partial charge in [0.1, 0.15) is 5.82 Å². The van der Waals surface area contributed by atoms with E-state index in [4.69, 9.17) is 4.74 Å². The molecule has 9 heteroatoms. The lowest BCUT2D eigenvalue weighted by molar-refractivity contribution is -0.136. The summed E-state index contributed by atoms with van der Waals surface area (Å²) < 4.78 is 17.7. The largest absolute Gasteiger partial charge is 0.451 e. The van der Waals surface area contributed by atoms with Gasteiger partial charge in [0.25, 0.3) is 5.91 Å². The number of nitrogens with zero attached hydrogens (tertiary/aromatic N) is 3. The van der Waals surface area contributed by atoms with Crippen molar-refractivity contribution in [1.29, 1.82) is 0 Å². The summed E-state index contributed by atoms with van der Waals surface area (Å²) in [6, 6.07) is 5.22. The average molecular weight is 360 g/mol. The second kappa shape index (κ2) is 8.65. The van der Waals surface area contributed by atoms with Crippen molar-refractivity contribution < 1.29 is 23.5 Å². The number of carbonyl (C=O) groups excluding carboxylic acids is 3. The molecule has 1 aromatic heterocycles. The summed E-state index contributed by atoms with van der Waals surface area (Å²) in [6.45, 7) is 0.935. The molecule has 2 amide bonds. The minimum absolute atomic E-state index is 0.0138. The number of rotatable bonds is 6. The Kier molecular flexibility index (Phi) is 6.31. The Hall–Kier alpha value is -3.36. The van der Waals surface area contributed by atoms with E-state index in [2.05, 4.69) is 15.3 Å². The number of halogens is 1. The Morgan fingerprint density at radius 1 is 1.15 bits per heavy atom. The molecule has 2 aromatic rings. The third-order valence-corrected chi connectivity index (χ3v) is 3.25. The first-order valence-electron chi connectivity index (χ1n) is 7.60. The van der Waals surface area contributed by atoms with Crippen LogP contribution < -0.4 is 5.32 Å². The first-order valence-corrected chi connectivity index (χ1v) is 7.60. The van der Waals surface area contributed by atoms with Crippen LogP contribution in [-0.2, 0) is 14.3 Å². The fourth-order valence-electron chi connectivity index (χ4n) is 1.85. The van der Waals surface area contributed by atoms with Gasteiger partial charge < -0.3 is 15.0 Å². The molecule has 0 saturated carbocycles. The van der Waals surface area contributed by atoms with Gasteiger partial charge in [-0.2, -0.15) is 0 Å². The minimum atomic E-state index is -0.782. The van der Waals surface area contributed by atoms with Crippen LogP contribution in [-0.4, -0.2) is 52.9 Å². The minimum Gasteiger partial charge on any atom is -0.451 e. The quantitative estimate of drug-likeness (QED) is 0.776. The number of amides is 2. The monoisotopic (exact) mass is 360 g/mol. The van der Waals surface area contributed by atoms with Gasteiger partial charge in [0.2, 0.25) is 5.91 Å². The smallest absolute Gasteiger partial charge is 0.359 e. The maximum absolute atomic E-state index is 12.8. The van der Waals surface area contributed by atoms with E-state index in [1.807, 2.05) is 0 Å². The highest BCUT2D eigenvalue weighted by Gasteiger charge is 2.17. The van der Waals surface area contributed by atoms with Gasteiger partial charge in [0.05, 0.1) is 18.4 Å². The van der Waals surface area contributed by atoms with Crippen LogP contribution in [0.15, 0.2) is 36.7 Å². The van der Waals surface area contributed by atoms with Crippen LogP contribution in [0.2, 0.25) is 0 Å². The topological polar surface area (TPSA) is 101 Å². The summed E-state index contributed by atoms with van der Waals surface area (Å²) in [5.74, 6) is -2.23. The molecule has 0 aliphatic heterocycles. The first kappa shape index (κ1) is 19.0. The zero-order valence-corrected chi connectivity index (χ0v) is 14.2.